The first-order valence-electron chi connectivity index (χ1n) is 8.49. The average Bonchev–Trinajstić information content (AvgIpc) is 2.61. The van der Waals surface area contributed by atoms with Gasteiger partial charge in [0.1, 0.15) is 17.3 Å². The van der Waals surface area contributed by atoms with Crippen LogP contribution in [0.2, 0.25) is 0 Å². The number of carboxylic acids is 1. The lowest BCUT2D eigenvalue weighted by atomic mass is 10.1. The maximum atomic E-state index is 13.8. The van der Waals surface area contributed by atoms with Crippen LogP contribution in [0.4, 0.5) is 10.1 Å². The third-order valence-electron chi connectivity index (χ3n) is 3.44. The third kappa shape index (κ3) is 6.97. The molecule has 0 heterocycles. The molecular formula is C20H22FNO5. The number of carbonyl (C=O) groups is 2. The molecule has 0 bridgehead atoms. The second-order valence-electron chi connectivity index (χ2n) is 6.39. The van der Waals surface area contributed by atoms with E-state index < -0.39 is 24.1 Å². The Morgan fingerprint density at radius 3 is 2.44 bits per heavy atom. The Kier molecular flexibility index (Phi) is 7.16. The number of hydrogen-bond acceptors (Lipinski definition) is 4. The van der Waals surface area contributed by atoms with Crippen molar-refractivity contribution >= 4 is 17.6 Å². The normalized spacial score (nSPS) is 10.5. The zero-order valence-corrected chi connectivity index (χ0v) is 15.2. The second-order valence-corrected chi connectivity index (χ2v) is 6.39. The van der Waals surface area contributed by atoms with Gasteiger partial charge >= 0.3 is 5.97 Å². The van der Waals surface area contributed by atoms with Gasteiger partial charge in [0.25, 0.3) is 5.91 Å². The lowest BCUT2D eigenvalue weighted by Gasteiger charge is -2.11. The van der Waals surface area contributed by atoms with Gasteiger partial charge in [-0.3, -0.25) is 9.59 Å². The summed E-state index contributed by atoms with van der Waals surface area (Å²) in [6.07, 6.45) is -0.418. The number of carbonyl (C=O) groups excluding carboxylic acids is 1. The van der Waals surface area contributed by atoms with Crippen molar-refractivity contribution in [2.24, 2.45) is 5.92 Å². The summed E-state index contributed by atoms with van der Waals surface area (Å²) in [4.78, 5) is 22.6. The number of rotatable bonds is 9. The van der Waals surface area contributed by atoms with Gasteiger partial charge in [-0.25, -0.2) is 4.39 Å². The van der Waals surface area contributed by atoms with E-state index in [0.717, 1.165) is 6.07 Å². The van der Waals surface area contributed by atoms with Crippen LogP contribution in [0.25, 0.3) is 0 Å². The molecule has 0 fully saturated rings. The number of nitrogens with one attached hydrogen (secondary N) is 1. The Hall–Kier alpha value is -3.09. The zero-order chi connectivity index (χ0) is 19.8. The standard InChI is InChI=1S/C20H22FNO5/c1-13(2)11-26-16-4-3-5-17(10-16)27-12-19(23)22-15-7-6-14(8-20(24)25)18(21)9-15/h3-7,9-10,13H,8,11-12H2,1-2H3,(H,22,23)(H,24,25). The third-order valence-corrected chi connectivity index (χ3v) is 3.44. The van der Waals surface area contributed by atoms with Crippen LogP contribution in [-0.4, -0.2) is 30.2 Å². The molecular weight excluding hydrogens is 353 g/mol. The summed E-state index contributed by atoms with van der Waals surface area (Å²) in [5.74, 6) is -0.756. The summed E-state index contributed by atoms with van der Waals surface area (Å²) in [5, 5.41) is 11.2. The van der Waals surface area contributed by atoms with Gasteiger partial charge < -0.3 is 19.9 Å². The van der Waals surface area contributed by atoms with Crippen LogP contribution in [0.1, 0.15) is 19.4 Å². The molecule has 0 unspecified atom stereocenters. The quantitative estimate of drug-likeness (QED) is 0.701. The maximum absolute atomic E-state index is 13.8. The number of benzene rings is 2. The highest BCUT2D eigenvalue weighted by Crippen LogP contribution is 2.20. The minimum atomic E-state index is -1.13. The van der Waals surface area contributed by atoms with Crippen molar-refractivity contribution < 1.29 is 28.6 Å². The molecule has 27 heavy (non-hydrogen) atoms. The van der Waals surface area contributed by atoms with E-state index in [4.69, 9.17) is 14.6 Å². The molecule has 144 valence electrons. The lowest BCUT2D eigenvalue weighted by Crippen LogP contribution is -2.20. The van der Waals surface area contributed by atoms with Gasteiger partial charge in [-0.1, -0.05) is 26.0 Å². The smallest absolute Gasteiger partial charge is 0.307 e. The predicted molar refractivity (Wildman–Crippen MR) is 98.6 cm³/mol. The van der Waals surface area contributed by atoms with E-state index in [0.29, 0.717) is 24.0 Å². The van der Waals surface area contributed by atoms with Crippen LogP contribution in [0.3, 0.4) is 0 Å². The molecule has 2 aromatic rings. The Morgan fingerprint density at radius 1 is 1.11 bits per heavy atom. The van der Waals surface area contributed by atoms with Crippen LogP contribution < -0.4 is 14.8 Å². The first-order chi connectivity index (χ1) is 12.8. The maximum Gasteiger partial charge on any atom is 0.307 e. The number of ether oxygens (including phenoxy) is 2. The highest BCUT2D eigenvalue weighted by atomic mass is 19.1. The summed E-state index contributed by atoms with van der Waals surface area (Å²) in [6.45, 7) is 4.41. The SMILES string of the molecule is CC(C)COc1cccc(OCC(=O)Nc2ccc(CC(=O)O)c(F)c2)c1. The van der Waals surface area contributed by atoms with Crippen molar-refractivity contribution in [2.45, 2.75) is 20.3 Å². The molecule has 0 spiro atoms. The number of hydrogen-bond donors (Lipinski definition) is 2. The Bertz CT molecular complexity index is 807. The van der Waals surface area contributed by atoms with Crippen LogP contribution in [-0.2, 0) is 16.0 Å². The Labute approximate surface area is 156 Å². The van der Waals surface area contributed by atoms with E-state index in [1.54, 1.807) is 24.3 Å². The summed E-state index contributed by atoms with van der Waals surface area (Å²) >= 11 is 0. The highest BCUT2D eigenvalue weighted by molar-refractivity contribution is 5.91. The van der Waals surface area contributed by atoms with Crippen molar-refractivity contribution in [3.63, 3.8) is 0 Å². The van der Waals surface area contributed by atoms with E-state index in [1.807, 2.05) is 13.8 Å². The predicted octanol–water partition coefficient (Wildman–Crippen LogP) is 3.51. The Balaban J connectivity index is 1.88. The minimum absolute atomic E-state index is 0.0509. The fourth-order valence-electron chi connectivity index (χ4n) is 2.19. The zero-order valence-electron chi connectivity index (χ0n) is 15.2. The molecule has 7 heteroatoms. The van der Waals surface area contributed by atoms with Crippen molar-refractivity contribution in [2.75, 3.05) is 18.5 Å². The number of halogens is 1. The topological polar surface area (TPSA) is 84.9 Å². The molecule has 0 atom stereocenters. The molecule has 0 aliphatic rings. The van der Waals surface area contributed by atoms with Crippen LogP contribution in [0.15, 0.2) is 42.5 Å². The minimum Gasteiger partial charge on any atom is -0.493 e. The van der Waals surface area contributed by atoms with Gasteiger partial charge in [0.15, 0.2) is 6.61 Å². The van der Waals surface area contributed by atoms with E-state index in [2.05, 4.69) is 5.32 Å². The van der Waals surface area contributed by atoms with Crippen molar-refractivity contribution in [3.05, 3.63) is 53.8 Å². The summed E-state index contributed by atoms with van der Waals surface area (Å²) in [5.41, 5.74) is 0.277. The summed E-state index contributed by atoms with van der Waals surface area (Å²) in [6, 6.07) is 10.8. The van der Waals surface area contributed by atoms with Crippen LogP contribution in [0.5, 0.6) is 11.5 Å². The average molecular weight is 375 g/mol. The van der Waals surface area contributed by atoms with Crippen molar-refractivity contribution in [3.8, 4) is 11.5 Å². The van der Waals surface area contributed by atoms with E-state index in [1.165, 1.54) is 12.1 Å². The van der Waals surface area contributed by atoms with Crippen LogP contribution in [0, 0.1) is 11.7 Å². The van der Waals surface area contributed by atoms with Gasteiger partial charge in [-0.05, 0) is 35.7 Å². The molecule has 2 aromatic carbocycles. The van der Waals surface area contributed by atoms with E-state index >= 15 is 0 Å². The molecule has 2 N–H and O–H groups in total. The molecule has 0 saturated heterocycles. The molecule has 0 saturated carbocycles. The molecule has 0 aliphatic heterocycles. The Morgan fingerprint density at radius 2 is 1.81 bits per heavy atom. The lowest BCUT2D eigenvalue weighted by molar-refractivity contribution is -0.136. The molecule has 0 aliphatic carbocycles. The van der Waals surface area contributed by atoms with Gasteiger partial charge in [0.05, 0.1) is 13.0 Å². The number of carboxylic acid groups (broad SMARTS) is 1. The molecule has 0 aromatic heterocycles. The van der Waals surface area contributed by atoms with Gasteiger partial charge in [-0.2, -0.15) is 0 Å². The number of amides is 1. The molecule has 2 rings (SSSR count). The first kappa shape index (κ1) is 20.2. The van der Waals surface area contributed by atoms with Crippen molar-refractivity contribution in [1.29, 1.82) is 0 Å². The molecule has 1 amide bonds. The summed E-state index contributed by atoms with van der Waals surface area (Å²) in [7, 11) is 0. The fraction of sp³-hybridized carbons (Fsp3) is 0.300. The summed E-state index contributed by atoms with van der Waals surface area (Å²) < 4.78 is 24.9. The fourth-order valence-corrected chi connectivity index (χ4v) is 2.19. The van der Waals surface area contributed by atoms with Crippen LogP contribution >= 0.6 is 0 Å². The van der Waals surface area contributed by atoms with Gasteiger partial charge in [-0.15, -0.1) is 0 Å². The number of anilines is 1. The monoisotopic (exact) mass is 375 g/mol. The van der Waals surface area contributed by atoms with Gasteiger partial charge in [0.2, 0.25) is 0 Å². The second kappa shape index (κ2) is 9.56. The van der Waals surface area contributed by atoms with Gasteiger partial charge in [0, 0.05) is 11.8 Å². The van der Waals surface area contributed by atoms with E-state index in [-0.39, 0.29) is 17.9 Å². The number of aliphatic carboxylic acids is 1. The van der Waals surface area contributed by atoms with E-state index in [9.17, 15) is 14.0 Å². The molecule has 0 radical (unpaired) electrons. The first-order valence-corrected chi connectivity index (χ1v) is 8.49. The molecule has 6 nitrogen and oxygen atoms in total. The highest BCUT2D eigenvalue weighted by Gasteiger charge is 2.10. The van der Waals surface area contributed by atoms with Crippen molar-refractivity contribution in [1.82, 2.24) is 0 Å². The largest absolute Gasteiger partial charge is 0.493 e.